The average Bonchev–Trinajstić information content (AvgIpc) is 3.57. The van der Waals surface area contributed by atoms with Gasteiger partial charge in [-0.2, -0.15) is 0 Å². The van der Waals surface area contributed by atoms with Gasteiger partial charge in [0.15, 0.2) is 42.4 Å². The van der Waals surface area contributed by atoms with Crippen molar-refractivity contribution in [3.05, 3.63) is 134 Å². The Labute approximate surface area is 453 Å². The quantitative estimate of drug-likeness (QED) is 0.0658. The molecule has 0 saturated carbocycles. The number of hydrogen-bond acceptors (Lipinski definition) is 18. The van der Waals surface area contributed by atoms with Crippen molar-refractivity contribution in [3.8, 4) is 74.7 Å². The van der Waals surface area contributed by atoms with E-state index in [1.165, 1.54) is 14.2 Å². The Balaban J connectivity index is 1.40. The molecule has 412 valence electrons. The van der Waals surface area contributed by atoms with Crippen LogP contribution in [0.3, 0.4) is 0 Å². The predicted octanol–water partition coefficient (Wildman–Crippen LogP) is 9.65. The fourth-order valence-corrected chi connectivity index (χ4v) is 11.4. The molecule has 0 fully saturated rings. The van der Waals surface area contributed by atoms with E-state index < -0.39 is 48.5 Å². The lowest BCUT2D eigenvalue weighted by Gasteiger charge is -2.45. The number of benzene rings is 6. The van der Waals surface area contributed by atoms with Crippen LogP contribution < -0.4 is 61.6 Å². The first-order valence-electron chi connectivity index (χ1n) is 24.9. The second-order valence-electron chi connectivity index (χ2n) is 18.5. The van der Waals surface area contributed by atoms with E-state index in [0.29, 0.717) is 126 Å². The third-order valence-corrected chi connectivity index (χ3v) is 15.0. The van der Waals surface area contributed by atoms with Crippen molar-refractivity contribution in [2.45, 2.75) is 54.9 Å². The molecule has 6 aromatic carbocycles. The van der Waals surface area contributed by atoms with Crippen molar-refractivity contribution >= 4 is 12.6 Å². The minimum Gasteiger partial charge on any atom is -0.496 e. The lowest BCUT2D eigenvalue weighted by molar-refractivity contribution is -0.0343. The summed E-state index contributed by atoms with van der Waals surface area (Å²) in [6.45, 7) is 0. The summed E-state index contributed by atoms with van der Waals surface area (Å²) in [4.78, 5) is 25.4. The van der Waals surface area contributed by atoms with Gasteiger partial charge in [-0.05, 0) is 53.1 Å². The zero-order valence-electron chi connectivity index (χ0n) is 45.8. The fourth-order valence-electron chi connectivity index (χ4n) is 11.4. The van der Waals surface area contributed by atoms with Crippen LogP contribution in [0.5, 0.6) is 74.7 Å². The Hall–Kier alpha value is -8.06. The Morgan fingerprint density at radius 3 is 1.29 bits per heavy atom. The van der Waals surface area contributed by atoms with Crippen LogP contribution in [0.25, 0.3) is 0 Å². The third-order valence-electron chi connectivity index (χ3n) is 15.0. The molecule has 0 aromatic heterocycles. The molecule has 0 amide bonds. The van der Waals surface area contributed by atoms with Crippen LogP contribution in [0.15, 0.2) is 78.9 Å². The molecule has 8 atom stereocenters. The zero-order valence-corrected chi connectivity index (χ0v) is 45.8. The number of ether oxygens (including phenoxy) is 16. The molecular weight excluding hydrogens is 1010 g/mol. The highest BCUT2D eigenvalue weighted by Crippen LogP contribution is 2.63. The molecule has 9 rings (SSSR count). The molecule has 6 aromatic rings. The molecule has 0 spiro atoms. The SMILES string of the molecule is COc1cc(OC)c2c(c1)OC(c1ccc(OC)c(C=O)c1)C(OC)C2c1c(OC)cc(OC)c2c1OC(c1ccc(OC)c(C=O)c1)C(OC)C2c1c(OC)cc(OC)c2c1OC(c1ccc(OC)c(OC)c1)C(OC)C2. The largest absolute Gasteiger partial charge is 0.496 e. The van der Waals surface area contributed by atoms with Gasteiger partial charge < -0.3 is 75.8 Å². The summed E-state index contributed by atoms with van der Waals surface area (Å²) in [6, 6.07) is 23.3. The Morgan fingerprint density at radius 2 is 0.821 bits per heavy atom. The number of aldehydes is 2. The van der Waals surface area contributed by atoms with Gasteiger partial charge in [-0.1, -0.05) is 18.2 Å². The van der Waals surface area contributed by atoms with Crippen molar-refractivity contribution in [2.75, 3.05) is 92.4 Å². The smallest absolute Gasteiger partial charge is 0.161 e. The van der Waals surface area contributed by atoms with Crippen LogP contribution in [0.1, 0.15) is 95.4 Å². The molecular formula is C60H64O18. The highest BCUT2D eigenvalue weighted by atomic mass is 16.6. The van der Waals surface area contributed by atoms with E-state index >= 15 is 0 Å². The number of rotatable bonds is 20. The maximum absolute atomic E-state index is 12.9. The van der Waals surface area contributed by atoms with Crippen LogP contribution in [0.4, 0.5) is 0 Å². The van der Waals surface area contributed by atoms with Gasteiger partial charge >= 0.3 is 0 Å². The van der Waals surface area contributed by atoms with E-state index in [1.54, 1.807) is 121 Å². The molecule has 18 nitrogen and oxygen atoms in total. The van der Waals surface area contributed by atoms with Gasteiger partial charge in [-0.25, -0.2) is 0 Å². The monoisotopic (exact) mass is 1070 g/mol. The number of fused-ring (bicyclic) bond motifs is 3. The molecule has 0 radical (unpaired) electrons. The predicted molar refractivity (Wildman–Crippen MR) is 285 cm³/mol. The summed E-state index contributed by atoms with van der Waals surface area (Å²) in [5.74, 6) is 3.62. The topological polar surface area (TPSA) is 182 Å². The zero-order chi connectivity index (χ0) is 55.5. The molecule has 0 N–H and O–H groups in total. The summed E-state index contributed by atoms with van der Waals surface area (Å²) < 4.78 is 102. The number of carbonyl (C=O) groups is 2. The van der Waals surface area contributed by atoms with Gasteiger partial charge in [-0.3, -0.25) is 9.59 Å². The van der Waals surface area contributed by atoms with Gasteiger partial charge in [0.1, 0.15) is 81.6 Å². The minimum absolute atomic E-state index is 0.277. The van der Waals surface area contributed by atoms with Crippen molar-refractivity contribution < 1.29 is 85.4 Å². The van der Waals surface area contributed by atoms with Crippen molar-refractivity contribution in [3.63, 3.8) is 0 Å². The maximum Gasteiger partial charge on any atom is 0.161 e. The van der Waals surface area contributed by atoms with Gasteiger partial charge in [0.2, 0.25) is 0 Å². The highest BCUT2D eigenvalue weighted by Gasteiger charge is 2.52. The second kappa shape index (κ2) is 23.3. The van der Waals surface area contributed by atoms with Gasteiger partial charge in [0.25, 0.3) is 0 Å². The van der Waals surface area contributed by atoms with Crippen molar-refractivity contribution in [2.24, 2.45) is 0 Å². The maximum atomic E-state index is 12.9. The number of hydrogen-bond donors (Lipinski definition) is 0. The fraction of sp³-hybridized carbons (Fsp3) is 0.367. The standard InChI is InChI=1S/C60H64O18/c1-63-35-23-42(69-7)48-46(24-35)76-55(30-14-17-37(64-2)33(20-30)28-61)59(74-12)52(48)50-44(71-9)27-45(72-10)51-53(60(75-13)56(78-58(50)51)31-15-18-38(65-3)34(21-31)29-62)49-43(70-8)26-40(67-5)36-25-47(73-11)54(77-57(36)49)32-16-19-39(66-4)41(22-32)68-6/h14-24,26-29,47,52-56,59-60H,25H2,1-13H3. The first-order chi connectivity index (χ1) is 38.0. The molecule has 8 unspecified atom stereocenters. The van der Waals surface area contributed by atoms with Crippen LogP contribution in [0.2, 0.25) is 0 Å². The Morgan fingerprint density at radius 1 is 0.385 bits per heavy atom. The molecule has 3 heterocycles. The summed E-state index contributed by atoms with van der Waals surface area (Å²) in [5, 5.41) is 0. The van der Waals surface area contributed by atoms with E-state index in [-0.39, 0.29) is 5.56 Å². The van der Waals surface area contributed by atoms with Crippen LogP contribution >= 0.6 is 0 Å². The van der Waals surface area contributed by atoms with E-state index in [2.05, 4.69) is 0 Å². The third kappa shape index (κ3) is 9.30. The molecule has 3 aliphatic heterocycles. The number of carbonyl (C=O) groups excluding carboxylic acids is 2. The first-order valence-corrected chi connectivity index (χ1v) is 24.9. The highest BCUT2D eigenvalue weighted by molar-refractivity contribution is 5.81. The molecule has 0 bridgehead atoms. The molecule has 0 aliphatic carbocycles. The lowest BCUT2D eigenvalue weighted by atomic mass is 9.73. The second-order valence-corrected chi connectivity index (χ2v) is 18.5. The van der Waals surface area contributed by atoms with Crippen molar-refractivity contribution in [1.29, 1.82) is 0 Å². The first kappa shape index (κ1) is 54.7. The van der Waals surface area contributed by atoms with E-state index in [0.717, 1.165) is 18.1 Å². The summed E-state index contributed by atoms with van der Waals surface area (Å²) in [6.07, 6.45) is -3.15. The van der Waals surface area contributed by atoms with Gasteiger partial charge in [0, 0.05) is 79.8 Å². The molecule has 78 heavy (non-hydrogen) atoms. The van der Waals surface area contributed by atoms with E-state index in [1.807, 2.05) is 36.4 Å². The lowest BCUT2D eigenvalue weighted by Crippen LogP contribution is -2.40. The number of methoxy groups -OCH3 is 13. The normalized spacial score (nSPS) is 20.9. The van der Waals surface area contributed by atoms with Crippen LogP contribution in [-0.2, 0) is 20.6 Å². The molecule has 0 saturated heterocycles. The van der Waals surface area contributed by atoms with Crippen LogP contribution in [0, 0.1) is 0 Å². The Kier molecular flexibility index (Phi) is 16.3. The average molecular weight is 1070 g/mol. The summed E-state index contributed by atoms with van der Waals surface area (Å²) in [7, 11) is 20.4. The van der Waals surface area contributed by atoms with Crippen molar-refractivity contribution in [1.82, 2.24) is 0 Å². The molecule has 18 heteroatoms. The minimum atomic E-state index is -1.00. The van der Waals surface area contributed by atoms with E-state index in [9.17, 15) is 9.59 Å². The van der Waals surface area contributed by atoms with E-state index in [4.69, 9.17) is 75.8 Å². The summed E-state index contributed by atoms with van der Waals surface area (Å²) >= 11 is 0. The van der Waals surface area contributed by atoms with Gasteiger partial charge in [-0.15, -0.1) is 0 Å². The van der Waals surface area contributed by atoms with Gasteiger partial charge in [0.05, 0.1) is 94.1 Å². The van der Waals surface area contributed by atoms with Crippen LogP contribution in [-0.4, -0.2) is 123 Å². The summed E-state index contributed by atoms with van der Waals surface area (Å²) in [5.41, 5.74) is 5.34. The molecule has 3 aliphatic rings. The Bertz CT molecular complexity index is 3190.